The van der Waals surface area contributed by atoms with Crippen LogP contribution in [0, 0.1) is 0 Å². The van der Waals surface area contributed by atoms with E-state index in [-0.39, 0.29) is 31.1 Å². The Morgan fingerprint density at radius 3 is 1.91 bits per heavy atom. The number of rotatable bonds is 2. The van der Waals surface area contributed by atoms with Gasteiger partial charge in [0.25, 0.3) is 0 Å². The van der Waals surface area contributed by atoms with E-state index >= 15 is 0 Å². The normalized spacial score (nSPS) is 19.6. The summed E-state index contributed by atoms with van der Waals surface area (Å²) in [5, 5.41) is 1.32. The Morgan fingerprint density at radius 2 is 1.34 bits per heavy atom. The van der Waals surface area contributed by atoms with Crippen molar-refractivity contribution in [1.82, 2.24) is 4.98 Å². The molecule has 0 radical (unpaired) electrons. The maximum absolute atomic E-state index is 5.10. The first-order chi connectivity index (χ1) is 13.5. The van der Waals surface area contributed by atoms with E-state index in [9.17, 15) is 0 Å². The van der Waals surface area contributed by atoms with E-state index in [1.54, 1.807) is 0 Å². The number of halogens is 2. The van der Waals surface area contributed by atoms with Crippen molar-refractivity contribution in [2.45, 2.75) is 60.7 Å². The van der Waals surface area contributed by atoms with Gasteiger partial charge in [-0.2, -0.15) is 0 Å². The zero-order valence-electron chi connectivity index (χ0n) is 21.0. The molecule has 0 fully saturated rings. The average Bonchev–Trinajstić information content (AvgIpc) is 3.26. The maximum atomic E-state index is 4.04. The van der Waals surface area contributed by atoms with E-state index in [1.807, 2.05) is 0 Å². The van der Waals surface area contributed by atoms with Gasteiger partial charge in [0.1, 0.15) is 0 Å². The van der Waals surface area contributed by atoms with Crippen molar-refractivity contribution in [3.8, 4) is 0 Å². The van der Waals surface area contributed by atoms with Gasteiger partial charge in [-0.15, -0.1) is 24.8 Å². The van der Waals surface area contributed by atoms with Crippen LogP contribution in [0.1, 0.15) is 56.3 Å². The Hall–Kier alpha value is -0.600. The number of para-hydroxylation sites is 1. The number of hydrogen-bond donors (Lipinski definition) is 1. The molecule has 2 aromatic carbocycles. The molecule has 1 heterocycles. The van der Waals surface area contributed by atoms with Crippen LogP contribution in [-0.2, 0) is 14.4 Å². The number of aromatic amines is 1. The Kier molecular flexibility index (Phi) is 5.83. The number of hydrogen-bond acceptors (Lipinski definition) is 0. The Balaban J connectivity index is 0.00000181. The van der Waals surface area contributed by atoms with Gasteiger partial charge in [0.15, 0.2) is 0 Å². The fourth-order valence-corrected chi connectivity index (χ4v) is 34.8. The van der Waals surface area contributed by atoms with E-state index in [4.69, 9.17) is 0 Å². The van der Waals surface area contributed by atoms with Gasteiger partial charge in [0.05, 0.1) is 0 Å². The second kappa shape index (κ2) is 6.75. The van der Waals surface area contributed by atoms with E-state index in [0.717, 1.165) is 0 Å². The first-order valence-corrected chi connectivity index (χ1v) is 27.3. The predicted molar refractivity (Wildman–Crippen MR) is 150 cm³/mol. The van der Waals surface area contributed by atoms with Crippen LogP contribution in [0.5, 0.6) is 0 Å². The molecule has 1 aliphatic rings. The first-order valence-electron chi connectivity index (χ1n) is 11.4. The molecule has 0 amide bonds. The molecule has 4 rings (SSSR count). The monoisotopic (exact) mass is 567 g/mol. The molecule has 0 saturated carbocycles. The standard InChI is InChI=1S/C9H7.C8H6N.2C4H9.2CH3.2ClH.H2Si.Zr/c1-2-5-9-7-3-6-8(9)4-1;1-2-4-8-7(3-1)5-6-9-8;2*1-4(2)3;;;;;;/h1-7H;1-5,9H;2*1-3H3;2*1H3;2*1H;1H2;. The first kappa shape index (κ1) is 27.6. The van der Waals surface area contributed by atoms with Gasteiger partial charge in [0, 0.05) is 0 Å². The minimum Gasteiger partial charge on any atom is -0.147 e. The quantitative estimate of drug-likeness (QED) is 0.299. The molecule has 1 unspecified atom stereocenters. The van der Waals surface area contributed by atoms with E-state index in [1.165, 1.54) is 25.4 Å². The second-order valence-corrected chi connectivity index (χ2v) is 65.1. The Bertz CT molecular complexity index is 1300. The van der Waals surface area contributed by atoms with Crippen molar-refractivity contribution >= 4 is 52.1 Å². The van der Waals surface area contributed by atoms with Gasteiger partial charge in [-0.05, 0) is 0 Å². The summed E-state index contributed by atoms with van der Waals surface area (Å²) < 4.78 is 7.54. The maximum Gasteiger partial charge on any atom is -0.147 e. The summed E-state index contributed by atoms with van der Waals surface area (Å²) >= 11 is -5.10. The fourth-order valence-electron chi connectivity index (χ4n) is 6.99. The molecule has 1 atom stereocenters. The zero-order chi connectivity index (χ0) is 22.3. The van der Waals surface area contributed by atoms with Crippen molar-refractivity contribution in [2.75, 3.05) is 0 Å². The molecule has 0 saturated heterocycles. The molecule has 3 aromatic rings. The molecule has 1 aliphatic carbocycles. The molecule has 32 heavy (non-hydrogen) atoms. The van der Waals surface area contributed by atoms with Gasteiger partial charge in [-0.1, -0.05) is 0 Å². The number of H-pyrrole nitrogens is 1. The molecule has 0 bridgehead atoms. The van der Waals surface area contributed by atoms with Crippen LogP contribution in [0.4, 0.5) is 0 Å². The van der Waals surface area contributed by atoms with Crippen LogP contribution in [0.25, 0.3) is 17.0 Å². The van der Waals surface area contributed by atoms with Crippen molar-refractivity contribution in [1.29, 1.82) is 0 Å². The number of fused-ring (bicyclic) bond motifs is 2. The molecular weight excluding hydrogens is 529 g/mol. The van der Waals surface area contributed by atoms with Crippen LogP contribution in [0.3, 0.4) is 0 Å². The SMILES string of the molecule is C[C](C)(C)[Zr]([CH3])([CH3])(=[SiH2])([c]1cc2ccccc2[nH]1)([CH]1C=Cc2ccccc21)[C](C)(C)C.Cl.Cl. The number of allylic oxidation sites excluding steroid dienone is 1. The van der Waals surface area contributed by atoms with Crippen LogP contribution in [-0.4, -0.2) is 11.9 Å². The van der Waals surface area contributed by atoms with Crippen LogP contribution < -0.4 is 3.40 Å². The van der Waals surface area contributed by atoms with Gasteiger partial charge in [-0.25, -0.2) is 0 Å². The summed E-state index contributed by atoms with van der Waals surface area (Å²) in [5.74, 6) is 0. The number of nitrogens with one attached hydrogen (secondary N) is 1. The fraction of sp³-hybridized carbons (Fsp3) is 0.407. The molecule has 1 nitrogen and oxygen atoms in total. The van der Waals surface area contributed by atoms with Crippen molar-refractivity contribution in [3.05, 3.63) is 71.8 Å². The molecule has 1 aromatic heterocycles. The minimum absolute atomic E-state index is 0. The third-order valence-corrected chi connectivity index (χ3v) is 75.2. The second-order valence-electron chi connectivity index (χ2n) is 14.1. The van der Waals surface area contributed by atoms with Crippen molar-refractivity contribution in [3.63, 3.8) is 0 Å². The summed E-state index contributed by atoms with van der Waals surface area (Å²) in [5.41, 5.74) is 4.14. The molecule has 0 aliphatic heterocycles. The van der Waals surface area contributed by atoms with Crippen LogP contribution >= 0.6 is 24.8 Å². The van der Waals surface area contributed by atoms with Crippen LogP contribution in [0.15, 0.2) is 60.7 Å². The molecule has 176 valence electrons. The predicted octanol–water partition coefficient (Wildman–Crippen LogP) is 8.25. The van der Waals surface area contributed by atoms with Gasteiger partial charge >= 0.3 is 179 Å². The van der Waals surface area contributed by atoms with Crippen molar-refractivity contribution in [2.24, 2.45) is 0 Å². The van der Waals surface area contributed by atoms with Gasteiger partial charge in [-0.3, -0.25) is 0 Å². The van der Waals surface area contributed by atoms with Crippen LogP contribution in [0.2, 0.25) is 15.5 Å². The largest absolute Gasteiger partial charge is 0.147 e. The molecule has 1 N–H and O–H groups in total. The summed E-state index contributed by atoms with van der Waals surface area (Å²) in [6.45, 7) is 17.6. The third-order valence-electron chi connectivity index (χ3n) is 12.2. The smallest absolute Gasteiger partial charge is 0.147 e. The summed E-state index contributed by atoms with van der Waals surface area (Å²) in [6, 6.07) is 20.4. The third kappa shape index (κ3) is 2.45. The topological polar surface area (TPSA) is 15.8 Å². The van der Waals surface area contributed by atoms with Gasteiger partial charge < -0.3 is 0 Å². The van der Waals surface area contributed by atoms with E-state index in [2.05, 4.69) is 129 Å². The number of benzene rings is 2. The summed E-state index contributed by atoms with van der Waals surface area (Å²) in [4.78, 5) is 4.04. The van der Waals surface area contributed by atoms with Crippen molar-refractivity contribution < 1.29 is 14.4 Å². The van der Waals surface area contributed by atoms with Gasteiger partial charge in [0.2, 0.25) is 0 Å². The summed E-state index contributed by atoms with van der Waals surface area (Å²) in [6.07, 6.45) is 4.94. The van der Waals surface area contributed by atoms with E-state index < -0.39 is 14.4 Å². The van der Waals surface area contributed by atoms with E-state index in [0.29, 0.717) is 3.63 Å². The summed E-state index contributed by atoms with van der Waals surface area (Å²) in [7, 11) is 0. The number of aromatic nitrogens is 1. The Morgan fingerprint density at radius 1 is 0.812 bits per heavy atom. The Labute approximate surface area is 202 Å². The molecular formula is C27H41Cl2NSiZr. The molecule has 0 spiro atoms. The zero-order valence-corrected chi connectivity index (χ0v) is 26.5. The minimum atomic E-state index is -5.10. The molecule has 5 heteroatoms. The average molecular weight is 570 g/mol.